The number of pyridine rings is 1. The second-order valence-corrected chi connectivity index (χ2v) is 3.43. The van der Waals surface area contributed by atoms with Crippen LogP contribution in [0, 0.1) is 12.7 Å². The van der Waals surface area contributed by atoms with E-state index in [1.165, 1.54) is 6.07 Å². The van der Waals surface area contributed by atoms with Crippen molar-refractivity contribution in [3.05, 3.63) is 48.0 Å². The number of anilines is 1. The molecule has 0 atom stereocenters. The van der Waals surface area contributed by atoms with E-state index >= 15 is 0 Å². The largest absolute Gasteiger partial charge is 0.399 e. The third kappa shape index (κ3) is 1.96. The minimum Gasteiger partial charge on any atom is -0.399 e. The molecular formula is C12H11FN2. The molecule has 0 spiro atoms. The van der Waals surface area contributed by atoms with Gasteiger partial charge < -0.3 is 5.73 Å². The molecule has 3 heteroatoms. The van der Waals surface area contributed by atoms with E-state index in [1.807, 2.05) is 19.1 Å². The summed E-state index contributed by atoms with van der Waals surface area (Å²) in [5, 5.41) is 0. The molecule has 15 heavy (non-hydrogen) atoms. The van der Waals surface area contributed by atoms with Gasteiger partial charge in [-0.25, -0.2) is 4.39 Å². The Hall–Kier alpha value is -1.90. The molecule has 0 saturated heterocycles. The number of nitrogens with two attached hydrogens (primary N) is 1. The highest BCUT2D eigenvalue weighted by atomic mass is 19.1. The van der Waals surface area contributed by atoms with Crippen LogP contribution >= 0.6 is 0 Å². The Bertz CT molecular complexity index is 477. The number of hydrogen-bond acceptors (Lipinski definition) is 2. The number of halogens is 1. The predicted octanol–water partition coefficient (Wildman–Crippen LogP) is 2.78. The van der Waals surface area contributed by atoms with Gasteiger partial charge in [0.15, 0.2) is 0 Å². The number of benzene rings is 1. The summed E-state index contributed by atoms with van der Waals surface area (Å²) in [7, 11) is 0. The van der Waals surface area contributed by atoms with Crippen molar-refractivity contribution < 1.29 is 4.39 Å². The summed E-state index contributed by atoms with van der Waals surface area (Å²) >= 11 is 0. The lowest BCUT2D eigenvalue weighted by molar-refractivity contribution is 0.632. The van der Waals surface area contributed by atoms with Crippen LogP contribution in [0.3, 0.4) is 0 Å². The normalized spacial score (nSPS) is 10.3. The number of rotatable bonds is 1. The first-order valence-electron chi connectivity index (χ1n) is 4.65. The fourth-order valence-electron chi connectivity index (χ4n) is 1.39. The Balaban J connectivity index is 2.49. The van der Waals surface area contributed by atoms with E-state index in [-0.39, 0.29) is 5.82 Å². The lowest BCUT2D eigenvalue weighted by Gasteiger charge is -2.04. The summed E-state index contributed by atoms with van der Waals surface area (Å²) < 4.78 is 13.5. The lowest BCUT2D eigenvalue weighted by atomic mass is 10.1. The third-order valence-electron chi connectivity index (χ3n) is 2.22. The van der Waals surface area contributed by atoms with E-state index in [2.05, 4.69) is 4.98 Å². The van der Waals surface area contributed by atoms with Gasteiger partial charge in [-0.05, 0) is 31.2 Å². The number of aryl methyl sites for hydroxylation is 1. The van der Waals surface area contributed by atoms with Gasteiger partial charge in [-0.2, -0.15) is 0 Å². The molecule has 0 fully saturated rings. The summed E-state index contributed by atoms with van der Waals surface area (Å²) in [6.07, 6.45) is 1.66. The van der Waals surface area contributed by atoms with Crippen LogP contribution in [0.2, 0.25) is 0 Å². The van der Waals surface area contributed by atoms with E-state index in [1.54, 1.807) is 18.3 Å². The molecule has 0 saturated carbocycles. The molecule has 1 heterocycles. The molecule has 1 aromatic heterocycles. The average Bonchev–Trinajstić information content (AvgIpc) is 2.20. The minimum absolute atomic E-state index is 0.319. The summed E-state index contributed by atoms with van der Waals surface area (Å²) in [6, 6.07) is 8.35. The highest BCUT2D eigenvalue weighted by Gasteiger charge is 2.04. The predicted molar refractivity (Wildman–Crippen MR) is 58.8 cm³/mol. The topological polar surface area (TPSA) is 38.9 Å². The van der Waals surface area contributed by atoms with Crippen LogP contribution in [-0.4, -0.2) is 4.98 Å². The van der Waals surface area contributed by atoms with Crippen LogP contribution < -0.4 is 5.73 Å². The molecule has 0 aliphatic heterocycles. The zero-order chi connectivity index (χ0) is 10.8. The number of nitrogen functional groups attached to an aromatic ring is 1. The molecule has 0 aliphatic carbocycles. The fourth-order valence-corrected chi connectivity index (χ4v) is 1.39. The standard InChI is InChI=1S/C12H11FN2/c1-8-2-3-9(7-15-8)11-5-4-10(14)6-12(11)13/h2-7H,14H2,1H3. The van der Waals surface area contributed by atoms with Crippen LogP contribution in [0.5, 0.6) is 0 Å². The molecular weight excluding hydrogens is 191 g/mol. The van der Waals surface area contributed by atoms with Crippen LogP contribution in [-0.2, 0) is 0 Å². The lowest BCUT2D eigenvalue weighted by Crippen LogP contribution is -1.90. The molecule has 2 nitrogen and oxygen atoms in total. The smallest absolute Gasteiger partial charge is 0.133 e. The van der Waals surface area contributed by atoms with Crippen molar-refractivity contribution in [2.75, 3.05) is 5.73 Å². The van der Waals surface area contributed by atoms with Gasteiger partial charge in [-0.1, -0.05) is 6.07 Å². The van der Waals surface area contributed by atoms with Crippen molar-refractivity contribution in [3.63, 3.8) is 0 Å². The van der Waals surface area contributed by atoms with E-state index < -0.39 is 0 Å². The van der Waals surface area contributed by atoms with E-state index in [0.717, 1.165) is 11.3 Å². The van der Waals surface area contributed by atoms with Crippen molar-refractivity contribution in [3.8, 4) is 11.1 Å². The molecule has 0 bridgehead atoms. The molecule has 2 N–H and O–H groups in total. The summed E-state index contributed by atoms with van der Waals surface area (Å²) in [4.78, 5) is 4.12. The quantitative estimate of drug-likeness (QED) is 0.722. The van der Waals surface area contributed by atoms with Gasteiger partial charge in [0, 0.05) is 28.7 Å². The number of aromatic nitrogens is 1. The first-order chi connectivity index (χ1) is 7.16. The molecule has 1 aromatic carbocycles. The van der Waals surface area contributed by atoms with Gasteiger partial charge in [0.1, 0.15) is 5.82 Å². The van der Waals surface area contributed by atoms with Crippen molar-refractivity contribution in [2.24, 2.45) is 0 Å². The Morgan fingerprint density at radius 3 is 2.60 bits per heavy atom. The molecule has 76 valence electrons. The van der Waals surface area contributed by atoms with Crippen LogP contribution in [0.4, 0.5) is 10.1 Å². The Labute approximate surface area is 87.6 Å². The summed E-state index contributed by atoms with van der Waals surface area (Å²) in [6.45, 7) is 1.89. The van der Waals surface area contributed by atoms with E-state index in [0.29, 0.717) is 11.3 Å². The highest BCUT2D eigenvalue weighted by molar-refractivity contribution is 5.65. The second-order valence-electron chi connectivity index (χ2n) is 3.43. The van der Waals surface area contributed by atoms with Gasteiger partial charge in [0.2, 0.25) is 0 Å². The van der Waals surface area contributed by atoms with Gasteiger partial charge in [0.25, 0.3) is 0 Å². The second kappa shape index (κ2) is 3.69. The molecule has 0 radical (unpaired) electrons. The monoisotopic (exact) mass is 202 g/mol. The van der Waals surface area contributed by atoms with Crippen molar-refractivity contribution in [1.82, 2.24) is 4.98 Å². The molecule has 0 unspecified atom stereocenters. The Kier molecular flexibility index (Phi) is 2.37. The van der Waals surface area contributed by atoms with Gasteiger partial charge >= 0.3 is 0 Å². The fraction of sp³-hybridized carbons (Fsp3) is 0.0833. The summed E-state index contributed by atoms with van der Waals surface area (Å²) in [5.74, 6) is -0.319. The van der Waals surface area contributed by atoms with Crippen LogP contribution in [0.25, 0.3) is 11.1 Å². The molecule has 2 rings (SSSR count). The molecule has 0 aliphatic rings. The average molecular weight is 202 g/mol. The van der Waals surface area contributed by atoms with Crippen LogP contribution in [0.15, 0.2) is 36.5 Å². The van der Waals surface area contributed by atoms with E-state index in [9.17, 15) is 4.39 Å². The molecule has 2 aromatic rings. The minimum atomic E-state index is -0.319. The van der Waals surface area contributed by atoms with Gasteiger partial charge in [-0.3, -0.25) is 4.98 Å². The van der Waals surface area contributed by atoms with Crippen LogP contribution in [0.1, 0.15) is 5.69 Å². The Morgan fingerprint density at radius 1 is 1.20 bits per heavy atom. The van der Waals surface area contributed by atoms with Crippen molar-refractivity contribution in [2.45, 2.75) is 6.92 Å². The SMILES string of the molecule is Cc1ccc(-c2ccc(N)cc2F)cn1. The zero-order valence-corrected chi connectivity index (χ0v) is 8.37. The maximum Gasteiger partial charge on any atom is 0.133 e. The highest BCUT2D eigenvalue weighted by Crippen LogP contribution is 2.23. The number of nitrogens with zero attached hydrogens (tertiary/aromatic N) is 1. The maximum atomic E-state index is 13.5. The van der Waals surface area contributed by atoms with Gasteiger partial charge in [-0.15, -0.1) is 0 Å². The van der Waals surface area contributed by atoms with Gasteiger partial charge in [0.05, 0.1) is 0 Å². The van der Waals surface area contributed by atoms with Crippen molar-refractivity contribution in [1.29, 1.82) is 0 Å². The van der Waals surface area contributed by atoms with Crippen molar-refractivity contribution >= 4 is 5.69 Å². The third-order valence-corrected chi connectivity index (χ3v) is 2.22. The summed E-state index contributed by atoms with van der Waals surface area (Å²) in [5.41, 5.74) is 8.10. The first-order valence-corrected chi connectivity index (χ1v) is 4.65. The maximum absolute atomic E-state index is 13.5. The Morgan fingerprint density at radius 2 is 2.00 bits per heavy atom. The van der Waals surface area contributed by atoms with E-state index in [4.69, 9.17) is 5.73 Å². The first kappa shape index (κ1) is 9.65. The number of hydrogen-bond donors (Lipinski definition) is 1. The zero-order valence-electron chi connectivity index (χ0n) is 8.37. The molecule has 0 amide bonds.